The maximum atomic E-state index is 11.9. The molecule has 0 radical (unpaired) electrons. The van der Waals surface area contributed by atoms with Crippen LogP contribution in [0.4, 0.5) is 0 Å². The number of hydrogen-bond acceptors (Lipinski definition) is 1. The quantitative estimate of drug-likeness (QED) is 0.761. The summed E-state index contributed by atoms with van der Waals surface area (Å²) >= 11 is 3.32. The van der Waals surface area contributed by atoms with Gasteiger partial charge in [0.25, 0.3) is 5.91 Å². The highest BCUT2D eigenvalue weighted by molar-refractivity contribution is 9.09. The van der Waals surface area contributed by atoms with Gasteiger partial charge in [-0.05, 0) is 18.6 Å². The van der Waals surface area contributed by atoms with Gasteiger partial charge >= 0.3 is 0 Å². The van der Waals surface area contributed by atoms with E-state index in [-0.39, 0.29) is 5.91 Å². The maximum absolute atomic E-state index is 11.9. The molecule has 0 N–H and O–H groups in total. The Labute approximate surface area is 93.0 Å². The largest absolute Gasteiger partial charge is 0.341 e. The molecule has 3 heteroatoms. The van der Waals surface area contributed by atoms with Crippen molar-refractivity contribution >= 4 is 21.8 Å². The van der Waals surface area contributed by atoms with E-state index in [4.69, 9.17) is 0 Å². The van der Waals surface area contributed by atoms with Crippen LogP contribution in [0, 0.1) is 6.92 Å². The molecular weight excluding hydrogens is 242 g/mol. The predicted molar refractivity (Wildman–Crippen MR) is 61.9 cm³/mol. The minimum absolute atomic E-state index is 0.0857. The van der Waals surface area contributed by atoms with Crippen LogP contribution in [0.5, 0.6) is 0 Å². The Bertz CT molecular complexity index is 325. The summed E-state index contributed by atoms with van der Waals surface area (Å²) in [7, 11) is 1.82. The molecular formula is C11H14BrNO. The SMILES string of the molecule is Cc1ccccc1C(=O)N(C)CCBr. The minimum atomic E-state index is 0.0857. The zero-order chi connectivity index (χ0) is 10.6. The average molecular weight is 256 g/mol. The van der Waals surface area contributed by atoms with Crippen LogP contribution in [-0.2, 0) is 0 Å². The molecule has 0 spiro atoms. The molecule has 1 rings (SSSR count). The summed E-state index contributed by atoms with van der Waals surface area (Å²) in [6, 6.07) is 7.65. The van der Waals surface area contributed by atoms with Crippen molar-refractivity contribution in [2.75, 3.05) is 18.9 Å². The smallest absolute Gasteiger partial charge is 0.253 e. The van der Waals surface area contributed by atoms with Gasteiger partial charge in [0.2, 0.25) is 0 Å². The molecule has 1 aromatic carbocycles. The summed E-state index contributed by atoms with van der Waals surface area (Å²) in [6.07, 6.45) is 0. The van der Waals surface area contributed by atoms with E-state index in [0.29, 0.717) is 0 Å². The molecule has 0 heterocycles. The van der Waals surface area contributed by atoms with Crippen LogP contribution in [0.25, 0.3) is 0 Å². The first kappa shape index (κ1) is 11.2. The van der Waals surface area contributed by atoms with E-state index < -0.39 is 0 Å². The van der Waals surface area contributed by atoms with Gasteiger partial charge in [-0.3, -0.25) is 4.79 Å². The zero-order valence-electron chi connectivity index (χ0n) is 8.46. The molecule has 1 aromatic rings. The van der Waals surface area contributed by atoms with Crippen LogP contribution in [-0.4, -0.2) is 29.7 Å². The van der Waals surface area contributed by atoms with Gasteiger partial charge in [-0.25, -0.2) is 0 Å². The number of carbonyl (C=O) groups excluding carboxylic acids is 1. The average Bonchev–Trinajstić information content (AvgIpc) is 2.18. The fourth-order valence-corrected chi connectivity index (χ4v) is 1.78. The Morgan fingerprint density at radius 1 is 1.43 bits per heavy atom. The second kappa shape index (κ2) is 5.15. The third-order valence-electron chi connectivity index (χ3n) is 2.14. The third kappa shape index (κ3) is 2.58. The van der Waals surface area contributed by atoms with Crippen molar-refractivity contribution in [1.82, 2.24) is 4.90 Å². The first-order valence-corrected chi connectivity index (χ1v) is 5.66. The monoisotopic (exact) mass is 255 g/mol. The molecule has 0 unspecified atom stereocenters. The van der Waals surface area contributed by atoms with Crippen molar-refractivity contribution in [2.45, 2.75) is 6.92 Å². The summed E-state index contributed by atoms with van der Waals surface area (Å²) in [4.78, 5) is 13.6. The lowest BCUT2D eigenvalue weighted by atomic mass is 10.1. The van der Waals surface area contributed by atoms with Gasteiger partial charge in [-0.2, -0.15) is 0 Å². The van der Waals surface area contributed by atoms with E-state index in [1.54, 1.807) is 4.90 Å². The first-order valence-electron chi connectivity index (χ1n) is 4.54. The predicted octanol–water partition coefficient (Wildman–Crippen LogP) is 2.46. The lowest BCUT2D eigenvalue weighted by molar-refractivity contribution is 0.0803. The summed E-state index contributed by atoms with van der Waals surface area (Å²) < 4.78 is 0. The number of benzene rings is 1. The number of rotatable bonds is 3. The summed E-state index contributed by atoms with van der Waals surface area (Å²) in [5, 5.41) is 0.807. The van der Waals surface area contributed by atoms with Crippen molar-refractivity contribution in [3.8, 4) is 0 Å². The third-order valence-corrected chi connectivity index (χ3v) is 2.50. The second-order valence-corrected chi connectivity index (χ2v) is 4.02. The molecule has 0 aliphatic heterocycles. The number of nitrogens with zero attached hydrogens (tertiary/aromatic N) is 1. The molecule has 76 valence electrons. The normalized spacial score (nSPS) is 9.93. The fraction of sp³-hybridized carbons (Fsp3) is 0.364. The van der Waals surface area contributed by atoms with Gasteiger partial charge in [-0.1, -0.05) is 34.1 Å². The summed E-state index contributed by atoms with van der Waals surface area (Å²) in [5.41, 5.74) is 1.81. The van der Waals surface area contributed by atoms with E-state index in [1.807, 2.05) is 38.2 Å². The standard InChI is InChI=1S/C11H14BrNO/c1-9-5-3-4-6-10(9)11(14)13(2)8-7-12/h3-6H,7-8H2,1-2H3. The van der Waals surface area contributed by atoms with Gasteiger partial charge in [0.05, 0.1) is 0 Å². The first-order chi connectivity index (χ1) is 6.66. The Balaban J connectivity index is 2.84. The molecule has 0 atom stereocenters. The van der Waals surface area contributed by atoms with Crippen molar-refractivity contribution in [2.24, 2.45) is 0 Å². The number of aryl methyl sites for hydroxylation is 1. The van der Waals surface area contributed by atoms with Crippen molar-refractivity contribution in [1.29, 1.82) is 0 Å². The lowest BCUT2D eigenvalue weighted by Gasteiger charge is -2.16. The highest BCUT2D eigenvalue weighted by Gasteiger charge is 2.12. The van der Waals surface area contributed by atoms with E-state index in [2.05, 4.69) is 15.9 Å². The topological polar surface area (TPSA) is 20.3 Å². The van der Waals surface area contributed by atoms with Crippen LogP contribution in [0.1, 0.15) is 15.9 Å². The van der Waals surface area contributed by atoms with Crippen LogP contribution in [0.2, 0.25) is 0 Å². The Hall–Kier alpha value is -0.830. The van der Waals surface area contributed by atoms with Gasteiger partial charge in [-0.15, -0.1) is 0 Å². The Morgan fingerprint density at radius 3 is 2.64 bits per heavy atom. The van der Waals surface area contributed by atoms with E-state index in [1.165, 1.54) is 0 Å². The number of carbonyl (C=O) groups is 1. The second-order valence-electron chi connectivity index (χ2n) is 3.23. The van der Waals surface area contributed by atoms with Gasteiger partial charge < -0.3 is 4.90 Å². The van der Waals surface area contributed by atoms with E-state index in [0.717, 1.165) is 23.0 Å². The van der Waals surface area contributed by atoms with Gasteiger partial charge in [0.1, 0.15) is 0 Å². The molecule has 0 bridgehead atoms. The molecule has 14 heavy (non-hydrogen) atoms. The maximum Gasteiger partial charge on any atom is 0.253 e. The fourth-order valence-electron chi connectivity index (χ4n) is 1.25. The molecule has 0 saturated heterocycles. The van der Waals surface area contributed by atoms with E-state index >= 15 is 0 Å². The Kier molecular flexibility index (Phi) is 4.14. The number of halogens is 1. The van der Waals surface area contributed by atoms with Gasteiger partial charge in [0, 0.05) is 24.5 Å². The number of amides is 1. The van der Waals surface area contributed by atoms with Gasteiger partial charge in [0.15, 0.2) is 0 Å². The molecule has 2 nitrogen and oxygen atoms in total. The molecule has 0 fully saturated rings. The van der Waals surface area contributed by atoms with Crippen molar-refractivity contribution in [3.63, 3.8) is 0 Å². The summed E-state index contributed by atoms with van der Waals surface area (Å²) in [5.74, 6) is 0.0857. The van der Waals surface area contributed by atoms with Crippen molar-refractivity contribution in [3.05, 3.63) is 35.4 Å². The molecule has 0 aromatic heterocycles. The molecule has 1 amide bonds. The van der Waals surface area contributed by atoms with Crippen molar-refractivity contribution < 1.29 is 4.79 Å². The summed E-state index contributed by atoms with van der Waals surface area (Å²) in [6.45, 7) is 2.68. The minimum Gasteiger partial charge on any atom is -0.341 e. The Morgan fingerprint density at radius 2 is 2.07 bits per heavy atom. The van der Waals surface area contributed by atoms with Crippen LogP contribution >= 0.6 is 15.9 Å². The van der Waals surface area contributed by atoms with E-state index in [9.17, 15) is 4.79 Å². The zero-order valence-corrected chi connectivity index (χ0v) is 10.0. The highest BCUT2D eigenvalue weighted by atomic mass is 79.9. The lowest BCUT2D eigenvalue weighted by Crippen LogP contribution is -2.28. The van der Waals surface area contributed by atoms with Crippen LogP contribution in [0.15, 0.2) is 24.3 Å². The van der Waals surface area contributed by atoms with Crippen LogP contribution in [0.3, 0.4) is 0 Å². The van der Waals surface area contributed by atoms with Crippen LogP contribution < -0.4 is 0 Å². The number of alkyl halides is 1. The molecule has 0 aliphatic carbocycles. The molecule has 0 saturated carbocycles. The molecule has 0 aliphatic rings. The highest BCUT2D eigenvalue weighted by Crippen LogP contribution is 2.09. The number of hydrogen-bond donors (Lipinski definition) is 0.